The molecular formula is C8H7BrFNO3. The number of nitrogens with zero attached hydrogens (tertiary/aromatic N) is 1. The maximum atomic E-state index is 13.1. The molecule has 6 heteroatoms. The van der Waals surface area contributed by atoms with E-state index in [4.69, 9.17) is 4.74 Å². The highest BCUT2D eigenvalue weighted by Gasteiger charge is 2.18. The zero-order valence-electron chi connectivity index (χ0n) is 7.29. The molecule has 0 heterocycles. The molecule has 4 nitrogen and oxygen atoms in total. The lowest BCUT2D eigenvalue weighted by Gasteiger charge is -2.04. The van der Waals surface area contributed by atoms with E-state index in [0.29, 0.717) is 6.61 Å². The van der Waals surface area contributed by atoms with E-state index in [1.807, 2.05) is 0 Å². The monoisotopic (exact) mass is 263 g/mol. The first-order valence-corrected chi connectivity index (χ1v) is 4.61. The molecule has 1 rings (SSSR count). The molecule has 76 valence electrons. The van der Waals surface area contributed by atoms with E-state index in [1.54, 1.807) is 6.92 Å². The van der Waals surface area contributed by atoms with Crippen LogP contribution in [0, 0.1) is 15.9 Å². The third kappa shape index (κ3) is 2.20. The highest BCUT2D eigenvalue weighted by molar-refractivity contribution is 9.10. The summed E-state index contributed by atoms with van der Waals surface area (Å²) in [5.41, 5.74) is -0.339. The van der Waals surface area contributed by atoms with Crippen LogP contribution in [0.3, 0.4) is 0 Å². The Morgan fingerprint density at radius 1 is 1.64 bits per heavy atom. The number of benzene rings is 1. The molecule has 0 atom stereocenters. The molecule has 1 aromatic rings. The normalized spacial score (nSPS) is 9.93. The Labute approximate surface area is 88.0 Å². The van der Waals surface area contributed by atoms with Crippen LogP contribution < -0.4 is 4.74 Å². The fraction of sp³-hybridized carbons (Fsp3) is 0.250. The van der Waals surface area contributed by atoms with Crippen LogP contribution in [-0.4, -0.2) is 11.5 Å². The molecular weight excluding hydrogens is 257 g/mol. The molecule has 0 aromatic heterocycles. The molecule has 0 aliphatic heterocycles. The van der Waals surface area contributed by atoms with Crippen LogP contribution >= 0.6 is 15.9 Å². The molecule has 0 spiro atoms. The van der Waals surface area contributed by atoms with Gasteiger partial charge in [-0.2, -0.15) is 0 Å². The second-order valence-electron chi connectivity index (χ2n) is 2.43. The van der Waals surface area contributed by atoms with E-state index < -0.39 is 10.7 Å². The van der Waals surface area contributed by atoms with Crippen molar-refractivity contribution in [2.45, 2.75) is 6.92 Å². The molecule has 0 aliphatic carbocycles. The van der Waals surface area contributed by atoms with E-state index in [1.165, 1.54) is 6.07 Å². The molecule has 14 heavy (non-hydrogen) atoms. The largest absolute Gasteiger partial charge is 0.494 e. The Bertz CT molecular complexity index is 370. The van der Waals surface area contributed by atoms with Crippen LogP contribution in [0.4, 0.5) is 10.1 Å². The van der Waals surface area contributed by atoms with E-state index in [0.717, 1.165) is 6.07 Å². The Hall–Kier alpha value is -1.17. The summed E-state index contributed by atoms with van der Waals surface area (Å²) in [6.45, 7) is 2.05. The fourth-order valence-corrected chi connectivity index (χ4v) is 1.31. The molecule has 0 fully saturated rings. The van der Waals surface area contributed by atoms with Crippen molar-refractivity contribution in [1.82, 2.24) is 0 Å². The van der Waals surface area contributed by atoms with Crippen LogP contribution in [0.25, 0.3) is 0 Å². The lowest BCUT2D eigenvalue weighted by molar-refractivity contribution is -0.385. The third-order valence-electron chi connectivity index (χ3n) is 1.49. The summed E-state index contributed by atoms with van der Waals surface area (Å²) in [6.07, 6.45) is 0. The second kappa shape index (κ2) is 4.36. The standard InChI is InChI=1S/C8H7BrFNO3/c1-2-14-5-3-6(10)8(9)7(4-5)11(12)13/h3-4H,2H2,1H3. The van der Waals surface area contributed by atoms with E-state index in [-0.39, 0.29) is 15.9 Å². The molecule has 0 radical (unpaired) electrons. The van der Waals surface area contributed by atoms with Crippen molar-refractivity contribution in [1.29, 1.82) is 0 Å². The van der Waals surface area contributed by atoms with Crippen molar-refractivity contribution in [2.75, 3.05) is 6.61 Å². The molecule has 0 unspecified atom stereocenters. The van der Waals surface area contributed by atoms with Gasteiger partial charge in [0.1, 0.15) is 16.0 Å². The Balaban J connectivity index is 3.21. The molecule has 0 bridgehead atoms. The lowest BCUT2D eigenvalue weighted by atomic mass is 10.3. The summed E-state index contributed by atoms with van der Waals surface area (Å²) in [5, 5.41) is 10.5. The summed E-state index contributed by atoms with van der Waals surface area (Å²) in [5.74, 6) is -0.553. The SMILES string of the molecule is CCOc1cc(F)c(Br)c([N+](=O)[O-])c1. The molecule has 0 aliphatic rings. The van der Waals surface area contributed by atoms with Gasteiger partial charge in [0.25, 0.3) is 5.69 Å². The van der Waals surface area contributed by atoms with Gasteiger partial charge in [0.2, 0.25) is 0 Å². The highest BCUT2D eigenvalue weighted by atomic mass is 79.9. The number of halogens is 2. The van der Waals surface area contributed by atoms with Gasteiger partial charge in [-0.15, -0.1) is 0 Å². The smallest absolute Gasteiger partial charge is 0.290 e. The zero-order valence-corrected chi connectivity index (χ0v) is 8.88. The van der Waals surface area contributed by atoms with Crippen LogP contribution in [-0.2, 0) is 0 Å². The summed E-state index contributed by atoms with van der Waals surface area (Å²) in [7, 11) is 0. The van der Waals surface area contributed by atoms with Crippen molar-refractivity contribution < 1.29 is 14.1 Å². The first kappa shape index (κ1) is 10.9. The fourth-order valence-electron chi connectivity index (χ4n) is 0.933. The predicted octanol–water partition coefficient (Wildman–Crippen LogP) is 2.90. The first-order chi connectivity index (χ1) is 6.56. The Morgan fingerprint density at radius 2 is 2.29 bits per heavy atom. The number of nitro groups is 1. The van der Waals surface area contributed by atoms with Gasteiger partial charge in [0.15, 0.2) is 0 Å². The molecule has 0 saturated heterocycles. The number of ether oxygens (including phenoxy) is 1. The summed E-state index contributed by atoms with van der Waals surface area (Å²) >= 11 is 2.79. The van der Waals surface area contributed by atoms with Crippen molar-refractivity contribution in [3.05, 3.63) is 32.5 Å². The van der Waals surface area contributed by atoms with Crippen molar-refractivity contribution in [3.63, 3.8) is 0 Å². The number of hydrogen-bond donors (Lipinski definition) is 0. The van der Waals surface area contributed by atoms with E-state index in [9.17, 15) is 14.5 Å². The van der Waals surface area contributed by atoms with Crippen molar-refractivity contribution in [3.8, 4) is 5.75 Å². The van der Waals surface area contributed by atoms with E-state index in [2.05, 4.69) is 15.9 Å². The van der Waals surface area contributed by atoms with Crippen LogP contribution in [0.5, 0.6) is 5.75 Å². The van der Waals surface area contributed by atoms with Crippen molar-refractivity contribution >= 4 is 21.6 Å². The maximum Gasteiger partial charge on any atom is 0.290 e. The second-order valence-corrected chi connectivity index (χ2v) is 3.22. The van der Waals surface area contributed by atoms with Gasteiger partial charge in [0, 0.05) is 6.07 Å². The van der Waals surface area contributed by atoms with E-state index >= 15 is 0 Å². The van der Waals surface area contributed by atoms with Gasteiger partial charge in [-0.3, -0.25) is 10.1 Å². The summed E-state index contributed by atoms with van der Waals surface area (Å²) in [4.78, 5) is 9.81. The van der Waals surface area contributed by atoms with Gasteiger partial charge in [0.05, 0.1) is 17.6 Å². The topological polar surface area (TPSA) is 52.4 Å². The number of rotatable bonds is 3. The van der Waals surface area contributed by atoms with Gasteiger partial charge >= 0.3 is 0 Å². The molecule has 0 N–H and O–H groups in total. The zero-order chi connectivity index (χ0) is 10.7. The highest BCUT2D eigenvalue weighted by Crippen LogP contribution is 2.31. The average molecular weight is 264 g/mol. The quantitative estimate of drug-likeness (QED) is 0.623. The number of hydrogen-bond acceptors (Lipinski definition) is 3. The Morgan fingerprint density at radius 3 is 2.79 bits per heavy atom. The minimum atomic E-state index is -0.706. The summed E-state index contributed by atoms with van der Waals surface area (Å²) < 4.78 is 17.9. The van der Waals surface area contributed by atoms with Gasteiger partial charge < -0.3 is 4.74 Å². The predicted molar refractivity (Wildman–Crippen MR) is 51.9 cm³/mol. The van der Waals surface area contributed by atoms with Gasteiger partial charge in [-0.05, 0) is 22.9 Å². The van der Waals surface area contributed by atoms with Gasteiger partial charge in [-0.25, -0.2) is 4.39 Å². The minimum Gasteiger partial charge on any atom is -0.494 e. The minimum absolute atomic E-state index is 0.153. The molecule has 0 saturated carbocycles. The van der Waals surface area contributed by atoms with Crippen LogP contribution in [0.1, 0.15) is 6.92 Å². The number of nitro benzene ring substituents is 1. The summed E-state index contributed by atoms with van der Waals surface area (Å²) in [6, 6.07) is 2.28. The lowest BCUT2D eigenvalue weighted by Crippen LogP contribution is -1.96. The third-order valence-corrected chi connectivity index (χ3v) is 2.28. The molecule has 0 amide bonds. The van der Waals surface area contributed by atoms with Gasteiger partial charge in [-0.1, -0.05) is 0 Å². The van der Waals surface area contributed by atoms with Crippen LogP contribution in [0.15, 0.2) is 16.6 Å². The van der Waals surface area contributed by atoms with Crippen molar-refractivity contribution in [2.24, 2.45) is 0 Å². The Kier molecular flexibility index (Phi) is 3.40. The first-order valence-electron chi connectivity index (χ1n) is 3.82. The van der Waals surface area contributed by atoms with Crippen LogP contribution in [0.2, 0.25) is 0 Å². The molecule has 1 aromatic carbocycles. The average Bonchev–Trinajstić information content (AvgIpc) is 2.11. The maximum absolute atomic E-state index is 13.1.